The van der Waals surface area contributed by atoms with Crippen molar-refractivity contribution in [2.45, 2.75) is 24.9 Å². The van der Waals surface area contributed by atoms with Gasteiger partial charge in [-0.2, -0.15) is 13.2 Å². The topological polar surface area (TPSA) is 89.7 Å². The van der Waals surface area contributed by atoms with E-state index in [1.54, 1.807) is 18.2 Å². The normalized spacial score (nSPS) is 17.3. The minimum atomic E-state index is -4.69. The number of anilines is 1. The molecule has 1 saturated heterocycles. The second-order valence-electron chi connectivity index (χ2n) is 6.20. The molecule has 1 atom stereocenters. The number of benzene rings is 1. The highest BCUT2D eigenvalue weighted by atomic mass is 19.4. The predicted molar refractivity (Wildman–Crippen MR) is 91.4 cm³/mol. The molecule has 2 aromatic rings. The standard InChI is InChI=1S/C17H19F3N4O4/c1-26-12-7-3-6-11(13(12)27-2)21-16(25)24-8-4-5-10(9-24)14-22-23-15(28-14)17(18,19)20/h3,6-7,10H,4-5,8-9H2,1-2H3,(H,21,25). The number of piperidine rings is 1. The third-order valence-electron chi connectivity index (χ3n) is 4.39. The molecular weight excluding hydrogens is 381 g/mol. The number of methoxy groups -OCH3 is 2. The van der Waals surface area contributed by atoms with Gasteiger partial charge in [0.25, 0.3) is 0 Å². The summed E-state index contributed by atoms with van der Waals surface area (Å²) in [5.41, 5.74) is 0.422. The minimum absolute atomic E-state index is 0.121. The van der Waals surface area contributed by atoms with E-state index in [2.05, 4.69) is 15.5 Å². The average Bonchev–Trinajstić information content (AvgIpc) is 3.18. The maximum Gasteiger partial charge on any atom is 0.470 e. The number of carbonyl (C=O) groups excluding carboxylic acids is 1. The Hall–Kier alpha value is -2.98. The van der Waals surface area contributed by atoms with Crippen LogP contribution in [0.2, 0.25) is 0 Å². The van der Waals surface area contributed by atoms with Gasteiger partial charge >= 0.3 is 18.1 Å². The minimum Gasteiger partial charge on any atom is -0.493 e. The largest absolute Gasteiger partial charge is 0.493 e. The number of carbonyl (C=O) groups is 1. The number of likely N-dealkylation sites (tertiary alicyclic amines) is 1. The smallest absolute Gasteiger partial charge is 0.470 e. The van der Waals surface area contributed by atoms with Gasteiger partial charge in [0.15, 0.2) is 11.5 Å². The first-order chi connectivity index (χ1) is 13.3. The Morgan fingerprint density at radius 1 is 1.29 bits per heavy atom. The lowest BCUT2D eigenvalue weighted by Gasteiger charge is -2.31. The van der Waals surface area contributed by atoms with Gasteiger partial charge in [0, 0.05) is 13.1 Å². The summed E-state index contributed by atoms with van der Waals surface area (Å²) in [5.74, 6) is -1.13. The predicted octanol–water partition coefficient (Wildman–Crippen LogP) is 3.52. The fourth-order valence-electron chi connectivity index (χ4n) is 3.06. The number of amides is 2. The first-order valence-corrected chi connectivity index (χ1v) is 8.51. The first kappa shape index (κ1) is 19.8. The van der Waals surface area contributed by atoms with Crippen LogP contribution < -0.4 is 14.8 Å². The van der Waals surface area contributed by atoms with E-state index in [-0.39, 0.29) is 12.4 Å². The second-order valence-corrected chi connectivity index (χ2v) is 6.20. The third kappa shape index (κ3) is 4.12. The molecule has 1 aromatic carbocycles. The number of nitrogens with one attached hydrogen (secondary N) is 1. The van der Waals surface area contributed by atoms with Crippen molar-refractivity contribution in [2.75, 3.05) is 32.6 Å². The Bertz CT molecular complexity index is 840. The molecule has 152 valence electrons. The zero-order valence-corrected chi connectivity index (χ0v) is 15.2. The van der Waals surface area contributed by atoms with Crippen molar-refractivity contribution in [3.63, 3.8) is 0 Å². The van der Waals surface area contributed by atoms with E-state index in [9.17, 15) is 18.0 Å². The third-order valence-corrected chi connectivity index (χ3v) is 4.39. The lowest BCUT2D eigenvalue weighted by molar-refractivity contribution is -0.157. The summed E-state index contributed by atoms with van der Waals surface area (Å²) in [6, 6.07) is 4.65. The number of alkyl halides is 3. The monoisotopic (exact) mass is 400 g/mol. The van der Waals surface area contributed by atoms with Crippen LogP contribution in [-0.2, 0) is 6.18 Å². The van der Waals surface area contributed by atoms with Crippen LogP contribution in [-0.4, -0.2) is 48.4 Å². The van der Waals surface area contributed by atoms with Gasteiger partial charge in [-0.25, -0.2) is 4.79 Å². The molecule has 1 N–H and O–H groups in total. The van der Waals surface area contributed by atoms with Crippen molar-refractivity contribution in [1.82, 2.24) is 15.1 Å². The highest BCUT2D eigenvalue weighted by molar-refractivity contribution is 5.91. The number of rotatable bonds is 4. The van der Waals surface area contributed by atoms with E-state index < -0.39 is 24.0 Å². The SMILES string of the molecule is COc1cccc(NC(=O)N2CCCC(c3nnc(C(F)(F)F)o3)C2)c1OC. The molecular formula is C17H19F3N4O4. The molecule has 0 radical (unpaired) electrons. The number of hydrogen-bond acceptors (Lipinski definition) is 6. The molecule has 0 spiro atoms. The summed E-state index contributed by atoms with van der Waals surface area (Å²) >= 11 is 0. The van der Waals surface area contributed by atoms with Crippen molar-refractivity contribution in [2.24, 2.45) is 0 Å². The van der Waals surface area contributed by atoms with Gasteiger partial charge in [-0.1, -0.05) is 6.07 Å². The van der Waals surface area contributed by atoms with Crippen LogP contribution in [0.25, 0.3) is 0 Å². The molecule has 1 aromatic heterocycles. The summed E-state index contributed by atoms with van der Waals surface area (Å²) in [5, 5.41) is 9.30. The van der Waals surface area contributed by atoms with Crippen LogP contribution in [0.1, 0.15) is 30.5 Å². The van der Waals surface area contributed by atoms with Gasteiger partial charge in [-0.05, 0) is 25.0 Å². The Kier molecular flexibility index (Phi) is 5.61. The maximum absolute atomic E-state index is 12.7. The number of hydrogen-bond donors (Lipinski definition) is 1. The van der Waals surface area contributed by atoms with Crippen molar-refractivity contribution < 1.29 is 31.9 Å². The number of nitrogens with zero attached hydrogens (tertiary/aromatic N) is 3. The number of urea groups is 1. The summed E-state index contributed by atoms with van der Waals surface area (Å²) in [6.45, 7) is 0.618. The van der Waals surface area contributed by atoms with E-state index in [4.69, 9.17) is 13.9 Å². The molecule has 8 nitrogen and oxygen atoms in total. The second kappa shape index (κ2) is 7.95. The molecule has 28 heavy (non-hydrogen) atoms. The molecule has 1 aliphatic rings. The molecule has 0 saturated carbocycles. The van der Waals surface area contributed by atoms with Crippen LogP contribution in [0.4, 0.5) is 23.7 Å². The van der Waals surface area contributed by atoms with E-state index >= 15 is 0 Å². The van der Waals surface area contributed by atoms with E-state index in [0.29, 0.717) is 36.6 Å². The number of ether oxygens (including phenoxy) is 2. The zero-order valence-electron chi connectivity index (χ0n) is 15.2. The molecule has 1 fully saturated rings. The molecule has 2 heterocycles. The molecule has 1 aliphatic heterocycles. The average molecular weight is 400 g/mol. The van der Waals surface area contributed by atoms with Crippen LogP contribution in [0, 0.1) is 0 Å². The Labute approximate surface area is 158 Å². The molecule has 3 rings (SSSR count). The maximum atomic E-state index is 12.7. The van der Waals surface area contributed by atoms with E-state index in [1.165, 1.54) is 19.1 Å². The Morgan fingerprint density at radius 2 is 2.07 bits per heavy atom. The van der Waals surface area contributed by atoms with E-state index in [1.807, 2.05) is 0 Å². The number of halogens is 3. The van der Waals surface area contributed by atoms with Crippen molar-refractivity contribution >= 4 is 11.7 Å². The summed E-state index contributed by atoms with van der Waals surface area (Å²) in [6.07, 6.45) is -3.55. The van der Waals surface area contributed by atoms with Crippen LogP contribution >= 0.6 is 0 Å². The van der Waals surface area contributed by atoms with Gasteiger partial charge in [0.05, 0.1) is 25.8 Å². The van der Waals surface area contributed by atoms with Crippen LogP contribution in [0.5, 0.6) is 11.5 Å². The Balaban J connectivity index is 1.71. The molecule has 2 amide bonds. The van der Waals surface area contributed by atoms with Crippen LogP contribution in [0.3, 0.4) is 0 Å². The van der Waals surface area contributed by atoms with Gasteiger partial charge in [0.1, 0.15) is 0 Å². The van der Waals surface area contributed by atoms with Crippen molar-refractivity contribution in [3.8, 4) is 11.5 Å². The van der Waals surface area contributed by atoms with Crippen LogP contribution in [0.15, 0.2) is 22.6 Å². The fraction of sp³-hybridized carbons (Fsp3) is 0.471. The number of para-hydroxylation sites is 1. The van der Waals surface area contributed by atoms with Gasteiger partial charge in [0.2, 0.25) is 5.89 Å². The first-order valence-electron chi connectivity index (χ1n) is 8.51. The van der Waals surface area contributed by atoms with Crippen molar-refractivity contribution in [1.29, 1.82) is 0 Å². The van der Waals surface area contributed by atoms with Gasteiger partial charge in [-0.3, -0.25) is 0 Å². The lowest BCUT2D eigenvalue weighted by atomic mass is 9.98. The summed E-state index contributed by atoms with van der Waals surface area (Å²) in [7, 11) is 2.94. The zero-order chi connectivity index (χ0) is 20.3. The fourth-order valence-corrected chi connectivity index (χ4v) is 3.06. The number of aromatic nitrogens is 2. The molecule has 1 unspecified atom stereocenters. The highest BCUT2D eigenvalue weighted by Gasteiger charge is 2.39. The lowest BCUT2D eigenvalue weighted by Crippen LogP contribution is -2.41. The highest BCUT2D eigenvalue weighted by Crippen LogP contribution is 2.36. The molecule has 0 bridgehead atoms. The van der Waals surface area contributed by atoms with Gasteiger partial charge < -0.3 is 24.1 Å². The Morgan fingerprint density at radius 3 is 2.71 bits per heavy atom. The molecule has 0 aliphatic carbocycles. The van der Waals surface area contributed by atoms with Gasteiger partial charge in [-0.15, -0.1) is 10.2 Å². The summed E-state index contributed by atoms with van der Waals surface area (Å²) in [4.78, 5) is 14.1. The molecule has 11 heteroatoms. The quantitative estimate of drug-likeness (QED) is 0.845. The van der Waals surface area contributed by atoms with Crippen molar-refractivity contribution in [3.05, 3.63) is 30.0 Å². The van der Waals surface area contributed by atoms with E-state index in [0.717, 1.165) is 0 Å². The summed E-state index contributed by atoms with van der Waals surface area (Å²) < 4.78 is 53.2.